The van der Waals surface area contributed by atoms with Crippen LogP contribution in [-0.4, -0.2) is 18.6 Å². The third kappa shape index (κ3) is 3.77. The van der Waals surface area contributed by atoms with E-state index in [2.05, 4.69) is 5.32 Å². The molecule has 0 aromatic heterocycles. The van der Waals surface area contributed by atoms with Crippen LogP contribution < -0.4 is 5.32 Å². The molecule has 100 valence electrons. The van der Waals surface area contributed by atoms with E-state index in [1.807, 2.05) is 0 Å². The van der Waals surface area contributed by atoms with Gasteiger partial charge < -0.3 is 4.74 Å². The maximum absolute atomic E-state index is 13.5. The van der Waals surface area contributed by atoms with E-state index in [1.54, 1.807) is 20.8 Å². The number of hydrogen-bond acceptors (Lipinski definition) is 3. The number of esters is 1. The highest BCUT2D eigenvalue weighted by Gasteiger charge is 2.19. The minimum Gasteiger partial charge on any atom is -0.465 e. The molecule has 0 saturated heterocycles. The van der Waals surface area contributed by atoms with Crippen molar-refractivity contribution in [3.8, 4) is 0 Å². The summed E-state index contributed by atoms with van der Waals surface area (Å²) in [5, 5.41) is 2.90. The van der Waals surface area contributed by atoms with Gasteiger partial charge in [0.1, 0.15) is 17.7 Å². The van der Waals surface area contributed by atoms with Crippen LogP contribution in [0.2, 0.25) is 0 Å². The van der Waals surface area contributed by atoms with Crippen molar-refractivity contribution in [2.75, 3.05) is 6.61 Å². The number of hydrogen-bond donors (Lipinski definition) is 1. The number of benzene rings is 1. The summed E-state index contributed by atoms with van der Waals surface area (Å²) in [6, 6.07) is 2.41. The SMILES string of the molecule is CCOC(=O)C(C)NC(C)c1ccc(F)cc1F. The third-order valence-electron chi connectivity index (χ3n) is 2.57. The molecule has 0 bridgehead atoms. The van der Waals surface area contributed by atoms with Crippen molar-refractivity contribution in [3.05, 3.63) is 35.4 Å². The first-order valence-corrected chi connectivity index (χ1v) is 5.83. The first kappa shape index (κ1) is 14.6. The van der Waals surface area contributed by atoms with Gasteiger partial charge in [-0.15, -0.1) is 0 Å². The lowest BCUT2D eigenvalue weighted by atomic mass is 10.1. The Hall–Kier alpha value is -1.49. The highest BCUT2D eigenvalue weighted by Crippen LogP contribution is 2.18. The van der Waals surface area contributed by atoms with Crippen molar-refractivity contribution in [2.24, 2.45) is 0 Å². The Morgan fingerprint density at radius 1 is 1.39 bits per heavy atom. The molecule has 1 aromatic carbocycles. The van der Waals surface area contributed by atoms with E-state index in [0.717, 1.165) is 6.07 Å². The monoisotopic (exact) mass is 257 g/mol. The Bertz CT molecular complexity index is 423. The van der Waals surface area contributed by atoms with Crippen LogP contribution >= 0.6 is 0 Å². The molecule has 1 rings (SSSR count). The summed E-state index contributed by atoms with van der Waals surface area (Å²) in [4.78, 5) is 11.4. The molecule has 0 fully saturated rings. The van der Waals surface area contributed by atoms with Crippen LogP contribution in [0.25, 0.3) is 0 Å². The summed E-state index contributed by atoms with van der Waals surface area (Å²) in [6.07, 6.45) is 0. The van der Waals surface area contributed by atoms with Crippen LogP contribution in [0.3, 0.4) is 0 Å². The second kappa shape index (κ2) is 6.44. The molecule has 0 spiro atoms. The fourth-order valence-corrected chi connectivity index (χ4v) is 1.65. The molecule has 2 atom stereocenters. The minimum atomic E-state index is -0.633. The van der Waals surface area contributed by atoms with Gasteiger partial charge in [0.15, 0.2) is 0 Å². The van der Waals surface area contributed by atoms with E-state index in [-0.39, 0.29) is 0 Å². The first-order chi connectivity index (χ1) is 8.45. The molecule has 0 aliphatic heterocycles. The first-order valence-electron chi connectivity index (χ1n) is 5.83. The third-order valence-corrected chi connectivity index (χ3v) is 2.57. The molecule has 0 heterocycles. The maximum Gasteiger partial charge on any atom is 0.322 e. The molecular formula is C13H17F2NO2. The quantitative estimate of drug-likeness (QED) is 0.824. The maximum atomic E-state index is 13.5. The second-order valence-electron chi connectivity index (χ2n) is 4.03. The van der Waals surface area contributed by atoms with Gasteiger partial charge in [0.25, 0.3) is 0 Å². The van der Waals surface area contributed by atoms with Crippen molar-refractivity contribution < 1.29 is 18.3 Å². The minimum absolute atomic E-state index is 0.296. The van der Waals surface area contributed by atoms with Gasteiger partial charge in [0.2, 0.25) is 0 Å². The molecule has 1 aromatic rings. The number of nitrogens with one attached hydrogen (secondary N) is 1. The zero-order valence-corrected chi connectivity index (χ0v) is 10.7. The van der Waals surface area contributed by atoms with Crippen LogP contribution in [0.15, 0.2) is 18.2 Å². The smallest absolute Gasteiger partial charge is 0.322 e. The lowest BCUT2D eigenvalue weighted by Crippen LogP contribution is -2.37. The molecule has 0 saturated carbocycles. The number of carbonyl (C=O) groups is 1. The Kier molecular flexibility index (Phi) is 5.22. The van der Waals surface area contributed by atoms with E-state index in [0.29, 0.717) is 12.2 Å². The standard InChI is InChI=1S/C13H17F2NO2/c1-4-18-13(17)9(3)16-8(2)11-6-5-10(14)7-12(11)15/h5-9,16H,4H2,1-3H3. The fraction of sp³-hybridized carbons (Fsp3) is 0.462. The number of carbonyl (C=O) groups excluding carboxylic acids is 1. The lowest BCUT2D eigenvalue weighted by molar-refractivity contribution is -0.145. The van der Waals surface area contributed by atoms with Crippen molar-refractivity contribution >= 4 is 5.97 Å². The molecule has 18 heavy (non-hydrogen) atoms. The van der Waals surface area contributed by atoms with Crippen LogP contribution in [0.5, 0.6) is 0 Å². The van der Waals surface area contributed by atoms with Crippen molar-refractivity contribution in [1.29, 1.82) is 0 Å². The van der Waals surface area contributed by atoms with E-state index in [1.165, 1.54) is 12.1 Å². The van der Waals surface area contributed by atoms with Gasteiger partial charge in [0.05, 0.1) is 6.61 Å². The molecule has 2 unspecified atom stereocenters. The zero-order valence-electron chi connectivity index (χ0n) is 10.7. The van der Waals surface area contributed by atoms with Crippen LogP contribution in [0, 0.1) is 11.6 Å². The molecule has 5 heteroatoms. The summed E-state index contributed by atoms with van der Waals surface area (Å²) in [7, 11) is 0. The van der Waals surface area contributed by atoms with Gasteiger partial charge in [-0.2, -0.15) is 0 Å². The van der Waals surface area contributed by atoms with Gasteiger partial charge >= 0.3 is 5.97 Å². The Balaban J connectivity index is 2.70. The van der Waals surface area contributed by atoms with E-state index in [9.17, 15) is 13.6 Å². The van der Waals surface area contributed by atoms with E-state index < -0.39 is 29.7 Å². The summed E-state index contributed by atoms with van der Waals surface area (Å²) in [6.45, 7) is 5.35. The molecule has 0 aliphatic carbocycles. The predicted molar refractivity (Wildman–Crippen MR) is 64.0 cm³/mol. The van der Waals surface area contributed by atoms with Gasteiger partial charge in [0, 0.05) is 17.7 Å². The van der Waals surface area contributed by atoms with Gasteiger partial charge in [-0.3, -0.25) is 10.1 Å². The van der Waals surface area contributed by atoms with Gasteiger partial charge in [-0.05, 0) is 26.8 Å². The Morgan fingerprint density at radius 2 is 2.06 bits per heavy atom. The second-order valence-corrected chi connectivity index (χ2v) is 4.03. The van der Waals surface area contributed by atoms with Crippen molar-refractivity contribution in [1.82, 2.24) is 5.32 Å². The van der Waals surface area contributed by atoms with Crippen molar-refractivity contribution in [2.45, 2.75) is 32.9 Å². The summed E-state index contributed by atoms with van der Waals surface area (Å²) >= 11 is 0. The van der Waals surface area contributed by atoms with Crippen LogP contribution in [-0.2, 0) is 9.53 Å². The number of rotatable bonds is 5. The molecule has 3 nitrogen and oxygen atoms in total. The molecular weight excluding hydrogens is 240 g/mol. The van der Waals surface area contributed by atoms with E-state index >= 15 is 0 Å². The van der Waals surface area contributed by atoms with Gasteiger partial charge in [-0.25, -0.2) is 8.78 Å². The topological polar surface area (TPSA) is 38.3 Å². The molecule has 0 amide bonds. The van der Waals surface area contributed by atoms with Crippen molar-refractivity contribution in [3.63, 3.8) is 0 Å². The number of halogens is 2. The summed E-state index contributed by atoms with van der Waals surface area (Å²) in [5.74, 6) is -1.65. The normalized spacial score (nSPS) is 14.1. The predicted octanol–water partition coefficient (Wildman–Crippen LogP) is 2.57. The molecule has 0 aliphatic rings. The zero-order chi connectivity index (χ0) is 13.7. The highest BCUT2D eigenvalue weighted by atomic mass is 19.1. The largest absolute Gasteiger partial charge is 0.465 e. The summed E-state index contributed by atoms with van der Waals surface area (Å²) < 4.78 is 31.1. The Labute approximate surface area is 105 Å². The average Bonchev–Trinajstić information content (AvgIpc) is 2.28. The molecule has 0 radical (unpaired) electrons. The highest BCUT2D eigenvalue weighted by molar-refractivity contribution is 5.75. The fourth-order valence-electron chi connectivity index (χ4n) is 1.65. The summed E-state index contributed by atoms with van der Waals surface area (Å²) in [5.41, 5.74) is 0.313. The van der Waals surface area contributed by atoms with Crippen LogP contribution in [0.1, 0.15) is 32.4 Å². The average molecular weight is 257 g/mol. The Morgan fingerprint density at radius 3 is 2.61 bits per heavy atom. The van der Waals surface area contributed by atoms with Crippen LogP contribution in [0.4, 0.5) is 8.78 Å². The van der Waals surface area contributed by atoms with Gasteiger partial charge in [-0.1, -0.05) is 6.07 Å². The number of ether oxygens (including phenoxy) is 1. The lowest BCUT2D eigenvalue weighted by Gasteiger charge is -2.19. The van der Waals surface area contributed by atoms with E-state index in [4.69, 9.17) is 4.74 Å². The molecule has 1 N–H and O–H groups in total.